The number of hydrogen-bond donors (Lipinski definition) is 0. The molecule has 1 fully saturated rings. The molecule has 12 aromatic carbocycles. The highest BCUT2D eigenvalue weighted by atomic mass is 28.5. The minimum absolute atomic E-state index is 1.17. The van der Waals surface area contributed by atoms with Crippen LogP contribution in [-0.4, -0.2) is 25.7 Å². The van der Waals surface area contributed by atoms with Crippen molar-refractivity contribution < 1.29 is 12.3 Å². The van der Waals surface area contributed by atoms with Gasteiger partial charge in [0.2, 0.25) is 0 Å². The summed E-state index contributed by atoms with van der Waals surface area (Å²) in [5.41, 5.74) is 0. The van der Waals surface area contributed by atoms with Crippen molar-refractivity contribution in [3.63, 3.8) is 0 Å². The fourth-order valence-electron chi connectivity index (χ4n) is 10.9. The lowest BCUT2D eigenvalue weighted by Crippen LogP contribution is -2.77. The second kappa shape index (κ2) is 11.0. The van der Waals surface area contributed by atoms with E-state index in [0.717, 1.165) is 0 Å². The summed E-state index contributed by atoms with van der Waals surface area (Å²) in [5.74, 6) is 0. The quantitative estimate of drug-likeness (QED) is 0.132. The summed E-state index contributed by atoms with van der Waals surface area (Å²) in [7, 11) is -9.82. The summed E-state index contributed by atoms with van der Waals surface area (Å²) in [6, 6.07) is 60.9. The van der Waals surface area contributed by atoms with Crippen LogP contribution < -0.4 is 15.6 Å². The van der Waals surface area contributed by atoms with Gasteiger partial charge in [-0.3, -0.25) is 0 Å². The average molecular weight is 781 g/mol. The molecule has 0 aromatic heterocycles. The predicted octanol–water partition coefficient (Wildman–Crippen LogP) is 11.7. The highest BCUT2D eigenvalue weighted by Gasteiger charge is 2.60. The Morgan fingerprint density at radius 1 is 0.246 bits per heavy atom. The van der Waals surface area contributed by atoms with E-state index in [2.05, 4.69) is 183 Å². The van der Waals surface area contributed by atoms with Crippen LogP contribution in [0.4, 0.5) is 0 Å². The van der Waals surface area contributed by atoms with Crippen LogP contribution in [0.2, 0.25) is 19.6 Å². The Bertz CT molecular complexity index is 3200. The van der Waals surface area contributed by atoms with Gasteiger partial charge in [-0.15, -0.1) is 0 Å². The summed E-state index contributed by atoms with van der Waals surface area (Å²) in [6.45, 7) is 6.89. The Balaban J connectivity index is 1.10. The molecular formula is C51H36O3Si3. The smallest absolute Gasteiger partial charge is 0.352 e. The molecule has 1 aliphatic heterocycles. The van der Waals surface area contributed by atoms with Crippen LogP contribution in [0.15, 0.2) is 164 Å². The van der Waals surface area contributed by atoms with Crippen molar-refractivity contribution in [2.24, 2.45) is 0 Å². The maximum atomic E-state index is 7.82. The molecule has 1 aliphatic rings. The monoisotopic (exact) mass is 780 g/mol. The first kappa shape index (κ1) is 32.4. The van der Waals surface area contributed by atoms with E-state index in [1.54, 1.807) is 0 Å². The van der Waals surface area contributed by atoms with Gasteiger partial charge in [-0.25, -0.2) is 0 Å². The molecule has 6 heteroatoms. The molecule has 0 radical (unpaired) electrons. The Morgan fingerprint density at radius 2 is 0.456 bits per heavy atom. The molecule has 0 spiro atoms. The lowest BCUT2D eigenvalue weighted by atomic mass is 9.94. The van der Waals surface area contributed by atoms with Gasteiger partial charge in [0.25, 0.3) is 0 Å². The first-order chi connectivity index (χ1) is 27.8. The number of rotatable bonds is 3. The summed E-state index contributed by atoms with van der Waals surface area (Å²) >= 11 is 0. The van der Waals surface area contributed by atoms with Crippen molar-refractivity contribution in [1.29, 1.82) is 0 Å². The van der Waals surface area contributed by atoms with Crippen LogP contribution in [0.25, 0.3) is 97.0 Å². The van der Waals surface area contributed by atoms with Crippen molar-refractivity contribution in [2.75, 3.05) is 0 Å². The molecule has 1 saturated heterocycles. The maximum Gasteiger partial charge on any atom is 0.352 e. The molecule has 0 saturated carbocycles. The van der Waals surface area contributed by atoms with Gasteiger partial charge in [0, 0.05) is 15.6 Å². The van der Waals surface area contributed by atoms with E-state index < -0.39 is 25.7 Å². The van der Waals surface area contributed by atoms with Gasteiger partial charge in [0.1, 0.15) is 0 Å². The Hall–Kier alpha value is -5.71. The van der Waals surface area contributed by atoms with E-state index in [0.29, 0.717) is 0 Å². The summed E-state index contributed by atoms with van der Waals surface area (Å²) in [4.78, 5) is 0. The minimum Gasteiger partial charge on any atom is -0.409 e. The second-order valence-corrected chi connectivity index (χ2v) is 26.3. The third-order valence-electron chi connectivity index (χ3n) is 13.2. The first-order valence-electron chi connectivity index (χ1n) is 19.9. The van der Waals surface area contributed by atoms with Gasteiger partial charge >= 0.3 is 25.7 Å². The van der Waals surface area contributed by atoms with E-state index >= 15 is 0 Å². The van der Waals surface area contributed by atoms with E-state index in [-0.39, 0.29) is 0 Å². The van der Waals surface area contributed by atoms with Gasteiger partial charge in [0.15, 0.2) is 0 Å². The van der Waals surface area contributed by atoms with Crippen molar-refractivity contribution in [3.8, 4) is 0 Å². The van der Waals surface area contributed by atoms with E-state index in [1.165, 1.54) is 113 Å². The Labute approximate surface area is 332 Å². The third-order valence-corrected chi connectivity index (χ3v) is 26.8. The van der Waals surface area contributed by atoms with Crippen LogP contribution >= 0.6 is 0 Å². The van der Waals surface area contributed by atoms with Gasteiger partial charge < -0.3 is 12.3 Å². The van der Waals surface area contributed by atoms with Crippen molar-refractivity contribution in [1.82, 2.24) is 0 Å². The molecule has 0 unspecified atom stereocenters. The molecule has 1 heterocycles. The zero-order valence-corrected chi connectivity index (χ0v) is 34.8. The van der Waals surface area contributed by atoms with E-state index in [9.17, 15) is 0 Å². The highest BCUT2D eigenvalue weighted by Crippen LogP contribution is 2.41. The summed E-state index contributed by atoms with van der Waals surface area (Å²) < 4.78 is 23.5. The topological polar surface area (TPSA) is 27.7 Å². The molecule has 12 aromatic rings. The fraction of sp³-hybridized carbons (Fsp3) is 0.0588. The summed E-state index contributed by atoms with van der Waals surface area (Å²) in [5, 5.41) is 26.2. The fourth-order valence-corrected chi connectivity index (χ4v) is 27.3. The number of hydrogen-bond acceptors (Lipinski definition) is 3. The normalized spacial score (nSPS) is 21.9. The molecule has 13 rings (SSSR count). The average Bonchev–Trinajstić information content (AvgIpc) is 3.23. The van der Waals surface area contributed by atoms with Crippen LogP contribution in [0, 0.1) is 0 Å². The summed E-state index contributed by atoms with van der Waals surface area (Å²) in [6.07, 6.45) is 0. The van der Waals surface area contributed by atoms with Gasteiger partial charge in [-0.1, -0.05) is 164 Å². The van der Waals surface area contributed by atoms with E-state index in [1.807, 2.05) is 0 Å². The minimum atomic E-state index is -3.27. The SMILES string of the molecule is C[Si]1(c2ccc3ccc4cccc5ccc2c3c45)O[Si](C)(c2ccc3ccc4cccc5ccc2c3c45)O[Si](C)(c2ccc3ccc4cccc5ccc2c3c45)O1. The zero-order valence-electron chi connectivity index (χ0n) is 31.8. The highest BCUT2D eigenvalue weighted by molar-refractivity contribution is 7.06. The lowest BCUT2D eigenvalue weighted by molar-refractivity contribution is 0.253. The van der Waals surface area contributed by atoms with Crippen molar-refractivity contribution in [3.05, 3.63) is 164 Å². The molecule has 0 N–H and O–H groups in total. The lowest BCUT2D eigenvalue weighted by Gasteiger charge is -2.51. The Kier molecular flexibility index (Phi) is 6.26. The maximum absolute atomic E-state index is 7.82. The number of benzene rings is 12. The Morgan fingerprint density at radius 3 is 0.719 bits per heavy atom. The third kappa shape index (κ3) is 4.29. The molecule has 57 heavy (non-hydrogen) atoms. The van der Waals surface area contributed by atoms with Crippen LogP contribution in [0.3, 0.4) is 0 Å². The molecule has 270 valence electrons. The second-order valence-electron chi connectivity index (χ2n) is 16.6. The molecular weight excluding hydrogens is 745 g/mol. The zero-order chi connectivity index (χ0) is 37.8. The van der Waals surface area contributed by atoms with Gasteiger partial charge in [-0.05, 0) is 117 Å². The van der Waals surface area contributed by atoms with E-state index in [4.69, 9.17) is 12.3 Å². The van der Waals surface area contributed by atoms with Crippen LogP contribution in [-0.2, 0) is 12.3 Å². The standard InChI is InChI=1S/C51H36O3Si3/c1-55(43-28-22-37-16-13-31-7-4-10-34-19-25-40(43)49(37)46(31)34)52-56(2,44-29-23-38-17-14-32-8-5-11-35-20-26-41(44)50(38)47(32)35)54-57(3,53-55)45-30-24-39-18-15-33-9-6-12-36-21-27-42(45)51(39)48(33)36/h4-30H,1-3H3. The largest absolute Gasteiger partial charge is 0.409 e. The molecule has 0 aliphatic carbocycles. The van der Waals surface area contributed by atoms with Crippen LogP contribution in [0.5, 0.6) is 0 Å². The first-order valence-corrected chi connectivity index (χ1v) is 26.9. The molecule has 0 bridgehead atoms. The van der Waals surface area contributed by atoms with Crippen molar-refractivity contribution in [2.45, 2.75) is 19.6 Å². The van der Waals surface area contributed by atoms with Gasteiger partial charge in [0.05, 0.1) is 0 Å². The van der Waals surface area contributed by atoms with Gasteiger partial charge in [-0.2, -0.15) is 0 Å². The van der Waals surface area contributed by atoms with Crippen LogP contribution in [0.1, 0.15) is 0 Å². The predicted molar refractivity (Wildman–Crippen MR) is 247 cm³/mol. The molecule has 0 atom stereocenters. The molecule has 3 nitrogen and oxygen atoms in total. The molecule has 0 amide bonds. The van der Waals surface area contributed by atoms with Crippen molar-refractivity contribution >= 4 is 138 Å².